The second-order valence-electron chi connectivity index (χ2n) is 7.02. The predicted octanol–water partition coefficient (Wildman–Crippen LogP) is 1.64. The quantitative estimate of drug-likeness (QED) is 0.759. The molecule has 1 unspecified atom stereocenters. The lowest BCUT2D eigenvalue weighted by molar-refractivity contribution is -0.145. The maximum atomic E-state index is 12.6. The molecule has 1 fully saturated rings. The van der Waals surface area contributed by atoms with Crippen LogP contribution in [-0.2, 0) is 14.3 Å². The van der Waals surface area contributed by atoms with Gasteiger partial charge in [0.1, 0.15) is 11.6 Å². The lowest BCUT2D eigenvalue weighted by Gasteiger charge is -2.29. The molecule has 8 heteroatoms. The Bertz CT molecular complexity index is 776. The molecule has 0 bridgehead atoms. The van der Waals surface area contributed by atoms with E-state index in [2.05, 4.69) is 5.32 Å². The lowest BCUT2D eigenvalue weighted by atomic mass is 10.0. The zero-order chi connectivity index (χ0) is 19.7. The summed E-state index contributed by atoms with van der Waals surface area (Å²) in [5.41, 5.74) is 0.720. The van der Waals surface area contributed by atoms with Crippen LogP contribution in [0.15, 0.2) is 12.1 Å². The van der Waals surface area contributed by atoms with E-state index in [0.29, 0.717) is 30.2 Å². The largest absolute Gasteiger partial charge is 0.493 e. The number of cyclic esters (lactones) is 1. The number of esters is 1. The van der Waals surface area contributed by atoms with Gasteiger partial charge in [-0.1, -0.05) is 13.8 Å². The molecular formula is C19H24N2O6. The number of ether oxygens (including phenoxy) is 3. The van der Waals surface area contributed by atoms with Crippen molar-refractivity contribution in [2.24, 2.45) is 5.92 Å². The first-order valence-electron chi connectivity index (χ1n) is 8.93. The fourth-order valence-electron chi connectivity index (χ4n) is 3.47. The Hall–Kier alpha value is -2.77. The number of carbonyl (C=O) groups excluding carboxylic acids is 3. The van der Waals surface area contributed by atoms with Crippen molar-refractivity contribution < 1.29 is 28.6 Å². The molecule has 0 saturated carbocycles. The van der Waals surface area contributed by atoms with E-state index in [-0.39, 0.29) is 29.5 Å². The second kappa shape index (κ2) is 7.46. The highest BCUT2D eigenvalue weighted by atomic mass is 16.6. The normalized spacial score (nSPS) is 21.3. The summed E-state index contributed by atoms with van der Waals surface area (Å²) in [6.07, 6.45) is -0.326. The van der Waals surface area contributed by atoms with Gasteiger partial charge in [0.15, 0.2) is 11.5 Å². The number of nitrogens with zero attached hydrogens (tertiary/aromatic N) is 1. The molecule has 8 nitrogen and oxygen atoms in total. The van der Waals surface area contributed by atoms with Gasteiger partial charge in [0.05, 0.1) is 14.2 Å². The van der Waals surface area contributed by atoms with Crippen molar-refractivity contribution in [2.45, 2.75) is 39.0 Å². The average Bonchev–Trinajstić information content (AvgIpc) is 3.18. The summed E-state index contributed by atoms with van der Waals surface area (Å²) in [6, 6.07) is 2.65. The third-order valence-electron chi connectivity index (χ3n) is 4.76. The highest BCUT2D eigenvalue weighted by molar-refractivity contribution is 5.99. The third-order valence-corrected chi connectivity index (χ3v) is 4.76. The zero-order valence-electron chi connectivity index (χ0n) is 15.9. The summed E-state index contributed by atoms with van der Waals surface area (Å²) >= 11 is 0. The maximum Gasteiger partial charge on any atom is 0.344 e. The Labute approximate surface area is 157 Å². The van der Waals surface area contributed by atoms with Crippen molar-refractivity contribution in [3.63, 3.8) is 0 Å². The van der Waals surface area contributed by atoms with Gasteiger partial charge in [-0.3, -0.25) is 14.5 Å². The fraction of sp³-hybridized carbons (Fsp3) is 0.526. The second-order valence-corrected chi connectivity index (χ2v) is 7.02. The van der Waals surface area contributed by atoms with E-state index in [4.69, 9.17) is 14.2 Å². The molecular weight excluding hydrogens is 352 g/mol. The number of methoxy groups -OCH3 is 2. The van der Waals surface area contributed by atoms with Gasteiger partial charge in [-0.15, -0.1) is 0 Å². The Balaban J connectivity index is 1.94. The van der Waals surface area contributed by atoms with Crippen LogP contribution in [0.4, 0.5) is 0 Å². The van der Waals surface area contributed by atoms with Crippen LogP contribution in [0.5, 0.6) is 11.5 Å². The number of hydrogen-bond acceptors (Lipinski definition) is 6. The van der Waals surface area contributed by atoms with Gasteiger partial charge in [0.2, 0.25) is 18.0 Å². The van der Waals surface area contributed by atoms with Gasteiger partial charge < -0.3 is 19.5 Å². The Kier molecular flexibility index (Phi) is 5.25. The molecule has 27 heavy (non-hydrogen) atoms. The number of rotatable bonds is 6. The molecule has 1 aromatic carbocycles. The van der Waals surface area contributed by atoms with E-state index in [1.807, 2.05) is 13.8 Å². The summed E-state index contributed by atoms with van der Waals surface area (Å²) < 4.78 is 16.0. The van der Waals surface area contributed by atoms with Crippen LogP contribution >= 0.6 is 0 Å². The van der Waals surface area contributed by atoms with Crippen LogP contribution in [-0.4, -0.2) is 49.5 Å². The van der Waals surface area contributed by atoms with E-state index in [1.54, 1.807) is 12.1 Å². The molecule has 2 aliphatic rings. The molecule has 0 aromatic heterocycles. The van der Waals surface area contributed by atoms with Crippen LogP contribution in [0.3, 0.4) is 0 Å². The number of carbonyl (C=O) groups is 3. The molecule has 2 aliphatic heterocycles. The highest BCUT2D eigenvalue weighted by Crippen LogP contribution is 2.45. The molecule has 1 saturated heterocycles. The number of amides is 2. The van der Waals surface area contributed by atoms with Gasteiger partial charge in [-0.25, -0.2) is 4.79 Å². The van der Waals surface area contributed by atoms with Crippen LogP contribution in [0, 0.1) is 5.92 Å². The lowest BCUT2D eigenvalue weighted by Crippen LogP contribution is -2.47. The minimum Gasteiger partial charge on any atom is -0.493 e. The highest BCUT2D eigenvalue weighted by Gasteiger charge is 2.47. The van der Waals surface area contributed by atoms with E-state index in [9.17, 15) is 14.4 Å². The molecule has 2 heterocycles. The maximum absolute atomic E-state index is 12.6. The Morgan fingerprint density at radius 1 is 1.30 bits per heavy atom. The summed E-state index contributed by atoms with van der Waals surface area (Å²) in [7, 11) is 2.91. The number of fused-ring (bicyclic) bond motifs is 1. The van der Waals surface area contributed by atoms with Crippen LogP contribution < -0.4 is 14.8 Å². The first-order valence-corrected chi connectivity index (χ1v) is 8.93. The summed E-state index contributed by atoms with van der Waals surface area (Å²) in [6.45, 7) is 4.50. The molecule has 0 aliphatic carbocycles. The van der Waals surface area contributed by atoms with Crippen molar-refractivity contribution in [2.75, 3.05) is 20.8 Å². The van der Waals surface area contributed by atoms with E-state index in [0.717, 1.165) is 0 Å². The molecule has 3 rings (SSSR count). The van der Waals surface area contributed by atoms with Gasteiger partial charge in [0.25, 0.3) is 0 Å². The molecule has 2 amide bonds. The van der Waals surface area contributed by atoms with Gasteiger partial charge in [-0.2, -0.15) is 0 Å². The predicted molar refractivity (Wildman–Crippen MR) is 95.4 cm³/mol. The van der Waals surface area contributed by atoms with E-state index in [1.165, 1.54) is 19.1 Å². The van der Waals surface area contributed by atoms with Crippen molar-refractivity contribution in [3.8, 4) is 11.5 Å². The van der Waals surface area contributed by atoms with Crippen molar-refractivity contribution >= 4 is 17.8 Å². The van der Waals surface area contributed by atoms with Gasteiger partial charge >= 0.3 is 5.97 Å². The standard InChI is InChI=1S/C19H24N2O6/c1-10(2)9-20-17(23)12-6-8-14(22)21(12)18-11-5-7-13(25-3)16(26-4)15(11)19(24)27-18/h5,7,10,12,18H,6,8-9H2,1-4H3,(H,20,23)/t12-,18?/m0/s1. The number of nitrogens with one attached hydrogen (secondary N) is 1. The van der Waals surface area contributed by atoms with Crippen LogP contribution in [0.25, 0.3) is 0 Å². The molecule has 1 N–H and O–H groups in total. The van der Waals surface area contributed by atoms with E-state index < -0.39 is 18.2 Å². The first-order chi connectivity index (χ1) is 12.9. The van der Waals surface area contributed by atoms with Crippen molar-refractivity contribution in [3.05, 3.63) is 23.3 Å². The summed E-state index contributed by atoms with van der Waals surface area (Å²) in [4.78, 5) is 38.9. The number of likely N-dealkylation sites (tertiary alicyclic amines) is 1. The summed E-state index contributed by atoms with van der Waals surface area (Å²) in [5.74, 6) is -0.115. The van der Waals surface area contributed by atoms with Crippen LogP contribution in [0.2, 0.25) is 0 Å². The molecule has 2 atom stereocenters. The fourth-order valence-corrected chi connectivity index (χ4v) is 3.47. The van der Waals surface area contributed by atoms with Crippen LogP contribution in [0.1, 0.15) is 48.8 Å². The molecule has 146 valence electrons. The van der Waals surface area contributed by atoms with Crippen molar-refractivity contribution in [1.82, 2.24) is 10.2 Å². The Morgan fingerprint density at radius 2 is 2.04 bits per heavy atom. The molecule has 0 radical (unpaired) electrons. The monoisotopic (exact) mass is 376 g/mol. The van der Waals surface area contributed by atoms with Gasteiger partial charge in [0, 0.05) is 18.5 Å². The smallest absolute Gasteiger partial charge is 0.344 e. The zero-order valence-corrected chi connectivity index (χ0v) is 15.9. The SMILES string of the molecule is COc1ccc2c(c1OC)C(=O)OC2N1C(=O)CC[C@H]1C(=O)NCC(C)C. The summed E-state index contributed by atoms with van der Waals surface area (Å²) in [5, 5.41) is 2.86. The molecule has 1 aromatic rings. The number of benzene rings is 1. The first kappa shape index (κ1) is 19.0. The Morgan fingerprint density at radius 3 is 2.67 bits per heavy atom. The minimum atomic E-state index is -0.947. The average molecular weight is 376 g/mol. The third kappa shape index (κ3) is 3.31. The minimum absolute atomic E-state index is 0.222. The van der Waals surface area contributed by atoms with Crippen molar-refractivity contribution in [1.29, 1.82) is 0 Å². The van der Waals surface area contributed by atoms with E-state index >= 15 is 0 Å². The van der Waals surface area contributed by atoms with Gasteiger partial charge in [-0.05, 0) is 24.5 Å². The number of hydrogen-bond donors (Lipinski definition) is 1. The molecule has 0 spiro atoms. The topological polar surface area (TPSA) is 94.2 Å².